The number of aliphatic imine (C=N–C) groups is 1. The molecule has 3 rings (SSSR count). The molecule has 0 aliphatic carbocycles. The minimum Gasteiger partial charge on any atom is -0.493 e. The van der Waals surface area contributed by atoms with Crippen LogP contribution in [0.3, 0.4) is 0 Å². The van der Waals surface area contributed by atoms with Crippen LogP contribution in [0.15, 0.2) is 53.5 Å². The summed E-state index contributed by atoms with van der Waals surface area (Å²) in [5.74, 6) is 0.804. The van der Waals surface area contributed by atoms with Gasteiger partial charge in [0.05, 0.1) is 13.2 Å². The van der Waals surface area contributed by atoms with Crippen molar-refractivity contribution >= 4 is 6.21 Å². The number of nitrogens with zero attached hydrogens (tertiary/aromatic N) is 1. The molecule has 162 valence electrons. The molecule has 1 fully saturated rings. The summed E-state index contributed by atoms with van der Waals surface area (Å²) in [4.78, 5) is 3.92. The lowest BCUT2D eigenvalue weighted by molar-refractivity contribution is -0.231. The van der Waals surface area contributed by atoms with E-state index in [0.717, 1.165) is 23.3 Å². The molecule has 1 saturated heterocycles. The molecule has 4 N–H and O–H groups in total. The number of aliphatic hydroxyl groups is 4. The Morgan fingerprint density at radius 3 is 2.47 bits per heavy atom. The zero-order valence-electron chi connectivity index (χ0n) is 17.0. The molecule has 0 aromatic heterocycles. The van der Waals surface area contributed by atoms with Crippen molar-refractivity contribution in [1.29, 1.82) is 0 Å². The van der Waals surface area contributed by atoms with E-state index in [4.69, 9.17) is 9.47 Å². The van der Waals surface area contributed by atoms with Crippen molar-refractivity contribution in [2.45, 2.75) is 43.4 Å². The van der Waals surface area contributed by atoms with Gasteiger partial charge in [-0.05, 0) is 35.2 Å². The zero-order chi connectivity index (χ0) is 21.5. The van der Waals surface area contributed by atoms with E-state index in [1.54, 1.807) is 13.1 Å². The Morgan fingerprint density at radius 1 is 1.00 bits per heavy atom. The topological polar surface area (TPSA) is 112 Å². The molecule has 7 heteroatoms. The number of hydrogen-bond acceptors (Lipinski definition) is 7. The van der Waals surface area contributed by atoms with Crippen LogP contribution < -0.4 is 4.74 Å². The Kier molecular flexibility index (Phi) is 7.95. The molecule has 0 spiro atoms. The van der Waals surface area contributed by atoms with Gasteiger partial charge in [-0.25, -0.2) is 0 Å². The smallest absolute Gasteiger partial charge is 0.119 e. The molecule has 0 radical (unpaired) electrons. The average molecular weight is 415 g/mol. The number of hydrogen-bond donors (Lipinski definition) is 4. The van der Waals surface area contributed by atoms with Crippen LogP contribution in [-0.4, -0.2) is 71.3 Å². The van der Waals surface area contributed by atoms with Gasteiger partial charge in [0, 0.05) is 19.7 Å². The van der Waals surface area contributed by atoms with E-state index < -0.39 is 37.1 Å². The molecular formula is C23H29NO6. The van der Waals surface area contributed by atoms with Crippen molar-refractivity contribution in [3.8, 4) is 5.75 Å². The first-order chi connectivity index (χ1) is 14.5. The highest BCUT2D eigenvalue weighted by Gasteiger charge is 2.43. The molecule has 0 saturated carbocycles. The first kappa shape index (κ1) is 22.4. The highest BCUT2D eigenvalue weighted by molar-refractivity contribution is 5.56. The summed E-state index contributed by atoms with van der Waals surface area (Å²) >= 11 is 0. The Balaban J connectivity index is 1.67. The van der Waals surface area contributed by atoms with Gasteiger partial charge in [-0.3, -0.25) is 0 Å². The first-order valence-electron chi connectivity index (χ1n) is 10.0. The largest absolute Gasteiger partial charge is 0.493 e. The summed E-state index contributed by atoms with van der Waals surface area (Å²) in [6.45, 7) is 0.138. The molecule has 1 aliphatic heterocycles. The van der Waals surface area contributed by atoms with Crippen molar-refractivity contribution in [2.75, 3.05) is 20.3 Å². The van der Waals surface area contributed by atoms with E-state index in [9.17, 15) is 20.4 Å². The van der Waals surface area contributed by atoms with Gasteiger partial charge in [-0.1, -0.05) is 36.4 Å². The van der Waals surface area contributed by atoms with E-state index in [2.05, 4.69) is 4.99 Å². The minimum atomic E-state index is -1.39. The predicted molar refractivity (Wildman–Crippen MR) is 113 cm³/mol. The molecule has 2 aromatic rings. The first-order valence-corrected chi connectivity index (χ1v) is 10.0. The molecule has 0 bridgehead atoms. The van der Waals surface area contributed by atoms with E-state index in [1.807, 2.05) is 48.7 Å². The highest BCUT2D eigenvalue weighted by atomic mass is 16.5. The maximum absolute atomic E-state index is 10.4. The number of benzene rings is 2. The normalized spacial score (nSPS) is 26.8. The lowest BCUT2D eigenvalue weighted by atomic mass is 9.90. The third kappa shape index (κ3) is 5.44. The number of ether oxygens (including phenoxy) is 2. The second-order valence-corrected chi connectivity index (χ2v) is 7.39. The van der Waals surface area contributed by atoms with Gasteiger partial charge < -0.3 is 34.9 Å². The van der Waals surface area contributed by atoms with Gasteiger partial charge >= 0.3 is 0 Å². The Hall–Kier alpha value is -2.29. The van der Waals surface area contributed by atoms with E-state index in [1.165, 1.54) is 0 Å². The van der Waals surface area contributed by atoms with Crippen molar-refractivity contribution < 1.29 is 29.9 Å². The Morgan fingerprint density at radius 2 is 1.77 bits per heavy atom. The van der Waals surface area contributed by atoms with Crippen LogP contribution in [0.5, 0.6) is 5.75 Å². The van der Waals surface area contributed by atoms with E-state index in [-0.39, 0.29) is 0 Å². The van der Waals surface area contributed by atoms with Crippen molar-refractivity contribution in [3.63, 3.8) is 0 Å². The standard InChI is InChI=1S/C23H29NO6/c1-24-10-3-11-29-18-8-6-15(7-9-18)12-16-4-2-5-17(13-16)23-22(28)21(27)20(26)19(14-25)30-23/h2,4-10,13,19-23,25-28H,3,11-12,14H2,1H3/t19-,20-,21+,22-,23+/m1/s1. The maximum atomic E-state index is 10.4. The van der Waals surface area contributed by atoms with Gasteiger partial charge in [0.1, 0.15) is 36.3 Å². The fraction of sp³-hybridized carbons (Fsp3) is 0.435. The van der Waals surface area contributed by atoms with Crippen molar-refractivity contribution in [2.24, 2.45) is 4.99 Å². The predicted octanol–water partition coefficient (Wildman–Crippen LogP) is 1.26. The van der Waals surface area contributed by atoms with Crippen LogP contribution in [0.25, 0.3) is 0 Å². The summed E-state index contributed by atoms with van der Waals surface area (Å²) in [5, 5.41) is 39.7. The van der Waals surface area contributed by atoms with Crippen molar-refractivity contribution in [1.82, 2.24) is 0 Å². The molecular weight excluding hydrogens is 386 g/mol. The molecule has 0 unspecified atom stereocenters. The summed E-state index contributed by atoms with van der Waals surface area (Å²) in [6.07, 6.45) is -2.53. The van der Waals surface area contributed by atoms with Gasteiger partial charge in [0.25, 0.3) is 0 Å². The monoisotopic (exact) mass is 415 g/mol. The molecule has 5 atom stereocenters. The van der Waals surface area contributed by atoms with E-state index >= 15 is 0 Å². The van der Waals surface area contributed by atoms with Crippen LogP contribution >= 0.6 is 0 Å². The fourth-order valence-corrected chi connectivity index (χ4v) is 3.55. The third-order valence-corrected chi connectivity index (χ3v) is 5.20. The van der Waals surface area contributed by atoms with Gasteiger partial charge in [0.2, 0.25) is 0 Å². The molecule has 1 heterocycles. The minimum absolute atomic E-state index is 0.444. The van der Waals surface area contributed by atoms with Crippen LogP contribution in [0, 0.1) is 0 Å². The average Bonchev–Trinajstić information content (AvgIpc) is 2.77. The summed E-state index contributed by atoms with van der Waals surface area (Å²) in [5.41, 5.74) is 2.79. The molecule has 1 aliphatic rings. The molecule has 2 aromatic carbocycles. The highest BCUT2D eigenvalue weighted by Crippen LogP contribution is 2.33. The van der Waals surface area contributed by atoms with Gasteiger partial charge in [0.15, 0.2) is 0 Å². The second-order valence-electron chi connectivity index (χ2n) is 7.39. The summed E-state index contributed by atoms with van der Waals surface area (Å²) < 4.78 is 11.3. The van der Waals surface area contributed by atoms with Crippen molar-refractivity contribution in [3.05, 3.63) is 65.2 Å². The summed E-state index contributed by atoms with van der Waals surface area (Å²) in [6, 6.07) is 15.4. The second kappa shape index (κ2) is 10.7. The fourth-order valence-electron chi connectivity index (χ4n) is 3.55. The number of rotatable bonds is 8. The quantitative estimate of drug-likeness (QED) is 0.382. The summed E-state index contributed by atoms with van der Waals surface area (Å²) in [7, 11) is 1.74. The Labute approximate surface area is 176 Å². The molecule has 7 nitrogen and oxygen atoms in total. The zero-order valence-corrected chi connectivity index (χ0v) is 17.0. The Bertz CT molecular complexity index is 823. The van der Waals surface area contributed by atoms with Gasteiger partial charge in [-0.2, -0.15) is 0 Å². The lowest BCUT2D eigenvalue weighted by Crippen LogP contribution is -2.55. The third-order valence-electron chi connectivity index (χ3n) is 5.20. The van der Waals surface area contributed by atoms with Crippen LogP contribution in [-0.2, 0) is 11.2 Å². The van der Waals surface area contributed by atoms with Gasteiger partial charge in [-0.15, -0.1) is 0 Å². The SMILES string of the molecule is CN=CCCOc1ccc(Cc2cccc([C@@H]3O[C@H](CO)[C@@H](O)[C@H](O)[C@H]3O)c2)cc1. The molecule has 30 heavy (non-hydrogen) atoms. The van der Waals surface area contributed by atoms with Crippen LogP contribution in [0.1, 0.15) is 29.2 Å². The molecule has 0 amide bonds. The van der Waals surface area contributed by atoms with E-state index in [0.29, 0.717) is 18.6 Å². The number of aliphatic hydroxyl groups excluding tert-OH is 4. The maximum Gasteiger partial charge on any atom is 0.119 e. The lowest BCUT2D eigenvalue weighted by Gasteiger charge is -2.40. The van der Waals surface area contributed by atoms with Crippen LogP contribution in [0.4, 0.5) is 0 Å². The van der Waals surface area contributed by atoms with Crippen LogP contribution in [0.2, 0.25) is 0 Å².